The van der Waals surface area contributed by atoms with Crippen molar-refractivity contribution in [3.8, 4) is 0 Å². The van der Waals surface area contributed by atoms with Crippen LogP contribution < -0.4 is 11.2 Å². The second kappa shape index (κ2) is 5.91. The molecule has 0 aromatic carbocycles. The molecule has 122 valence electrons. The summed E-state index contributed by atoms with van der Waals surface area (Å²) in [6.45, 7) is 0.118. The summed E-state index contributed by atoms with van der Waals surface area (Å²) in [7, 11) is 0. The van der Waals surface area contributed by atoms with Crippen molar-refractivity contribution in [2.45, 2.75) is 31.0 Å². The molecule has 0 spiro atoms. The molecule has 0 saturated carbocycles. The van der Waals surface area contributed by atoms with Crippen LogP contribution in [0.15, 0.2) is 17.1 Å². The molecule has 0 bridgehead atoms. The van der Waals surface area contributed by atoms with Gasteiger partial charge < -0.3 is 29.5 Å². The van der Waals surface area contributed by atoms with E-state index in [0.717, 1.165) is 9.13 Å². The summed E-state index contributed by atoms with van der Waals surface area (Å²) in [5, 5.41) is 36.7. The zero-order chi connectivity index (χ0) is 15.9. The van der Waals surface area contributed by atoms with Crippen LogP contribution in [0, 0.1) is 5.41 Å². The van der Waals surface area contributed by atoms with E-state index in [1.54, 1.807) is 0 Å². The van der Waals surface area contributed by atoms with Gasteiger partial charge in [0, 0.05) is 6.20 Å². The molecule has 0 aliphatic carbocycles. The molecule has 3 heterocycles. The van der Waals surface area contributed by atoms with Crippen LogP contribution in [-0.4, -0.2) is 62.6 Å². The summed E-state index contributed by atoms with van der Waals surface area (Å²) in [5.74, 6) is 0. The third kappa shape index (κ3) is 2.39. The Balaban J connectivity index is 2.00. The lowest BCUT2D eigenvalue weighted by atomic mass is 10.1. The maximum atomic E-state index is 12.5. The molecule has 0 amide bonds. The molecule has 0 unspecified atom stereocenters. The molecule has 1 aromatic heterocycles. The van der Waals surface area contributed by atoms with Crippen LogP contribution in [0.1, 0.15) is 12.6 Å². The van der Waals surface area contributed by atoms with Crippen LogP contribution in [0.4, 0.5) is 0 Å². The topological polar surface area (TPSA) is 139 Å². The highest BCUT2D eigenvalue weighted by molar-refractivity contribution is 4.94. The number of aliphatic hydroxyl groups excluding tert-OH is 3. The summed E-state index contributed by atoms with van der Waals surface area (Å²) in [5.41, 5.74) is -0.811. The Kier molecular flexibility index (Phi) is 4.12. The van der Waals surface area contributed by atoms with Gasteiger partial charge in [-0.1, -0.05) is 0 Å². The summed E-state index contributed by atoms with van der Waals surface area (Å²) in [4.78, 5) is 12.5. The van der Waals surface area contributed by atoms with Gasteiger partial charge in [-0.05, 0) is 6.07 Å². The highest BCUT2D eigenvalue weighted by atomic mass is 16.7. The minimum Gasteiger partial charge on any atom is -0.394 e. The van der Waals surface area contributed by atoms with E-state index in [0.29, 0.717) is 13.2 Å². The number of hydrogen-bond donors (Lipinski definition) is 4. The van der Waals surface area contributed by atoms with Gasteiger partial charge in [0.15, 0.2) is 6.23 Å². The first kappa shape index (κ1) is 15.3. The molecule has 4 N–H and O–H groups in total. The van der Waals surface area contributed by atoms with Crippen LogP contribution in [-0.2, 0) is 14.2 Å². The molecule has 2 aliphatic heterocycles. The standard InChI is InChI=1S/C12H17N3O7/c13-7-1-2-14(10-9(18)8(17)6(5-16)22-10)11(19)15(7)12-20-3-4-21-12/h1-2,6,8-10,12-13,16-18H,3-5H2/t6-,8-,9-,10-/m1/s1. The Bertz CT molecular complexity index is 651. The number of nitrogens with zero attached hydrogens (tertiary/aromatic N) is 2. The van der Waals surface area contributed by atoms with Crippen LogP contribution >= 0.6 is 0 Å². The van der Waals surface area contributed by atoms with Crippen LogP contribution in [0.3, 0.4) is 0 Å². The van der Waals surface area contributed by atoms with Gasteiger partial charge in [-0.15, -0.1) is 0 Å². The highest BCUT2D eigenvalue weighted by Crippen LogP contribution is 2.28. The first-order valence-corrected chi connectivity index (χ1v) is 6.78. The van der Waals surface area contributed by atoms with Crippen LogP contribution in [0.5, 0.6) is 0 Å². The summed E-state index contributed by atoms with van der Waals surface area (Å²) >= 11 is 0. The van der Waals surface area contributed by atoms with Crippen molar-refractivity contribution in [2.75, 3.05) is 19.8 Å². The van der Waals surface area contributed by atoms with Crippen molar-refractivity contribution in [3.05, 3.63) is 28.2 Å². The predicted octanol–water partition coefficient (Wildman–Crippen LogP) is -2.76. The Morgan fingerprint density at radius 2 is 1.95 bits per heavy atom. The SMILES string of the molecule is N=c1ccn([C@@H]2O[C@H](CO)[C@@H](O)[C@H]2O)c(=O)n1C1OCCO1. The number of ether oxygens (including phenoxy) is 3. The second-order valence-electron chi connectivity index (χ2n) is 5.04. The van der Waals surface area contributed by atoms with Gasteiger partial charge in [0.25, 0.3) is 0 Å². The molecule has 1 aromatic rings. The van der Waals surface area contributed by atoms with Gasteiger partial charge >= 0.3 is 5.69 Å². The minimum absolute atomic E-state index is 0.125. The number of hydrogen-bond acceptors (Lipinski definition) is 8. The third-order valence-electron chi connectivity index (χ3n) is 3.69. The minimum atomic E-state index is -1.38. The Labute approximate surface area is 124 Å². The number of rotatable bonds is 3. The van der Waals surface area contributed by atoms with Gasteiger partial charge in [-0.25, -0.2) is 9.36 Å². The van der Waals surface area contributed by atoms with Crippen molar-refractivity contribution < 1.29 is 29.5 Å². The fraction of sp³-hybridized carbons (Fsp3) is 0.667. The zero-order valence-electron chi connectivity index (χ0n) is 11.5. The van der Waals surface area contributed by atoms with Gasteiger partial charge in [0.05, 0.1) is 19.8 Å². The van der Waals surface area contributed by atoms with E-state index < -0.39 is 43.3 Å². The maximum absolute atomic E-state index is 12.5. The second-order valence-corrected chi connectivity index (χ2v) is 5.04. The average Bonchev–Trinajstić information content (AvgIpc) is 3.11. The first-order valence-electron chi connectivity index (χ1n) is 6.78. The molecule has 2 fully saturated rings. The summed E-state index contributed by atoms with van der Waals surface area (Å²) < 4.78 is 17.8. The average molecular weight is 315 g/mol. The van der Waals surface area contributed by atoms with E-state index in [4.69, 9.17) is 24.7 Å². The Morgan fingerprint density at radius 3 is 2.55 bits per heavy atom. The third-order valence-corrected chi connectivity index (χ3v) is 3.69. The fourth-order valence-corrected chi connectivity index (χ4v) is 2.52. The molecule has 0 radical (unpaired) electrons. The van der Waals surface area contributed by atoms with E-state index in [1.165, 1.54) is 12.3 Å². The highest BCUT2D eigenvalue weighted by Gasteiger charge is 2.44. The first-order chi connectivity index (χ1) is 10.5. The molecule has 10 nitrogen and oxygen atoms in total. The van der Waals surface area contributed by atoms with E-state index in [2.05, 4.69) is 0 Å². The largest absolute Gasteiger partial charge is 0.394 e. The van der Waals surface area contributed by atoms with E-state index >= 15 is 0 Å². The summed E-state index contributed by atoms with van der Waals surface area (Å²) in [6.07, 6.45) is -4.60. The smallest absolute Gasteiger partial charge is 0.335 e. The number of aliphatic hydroxyl groups is 3. The van der Waals surface area contributed by atoms with Gasteiger partial charge in [0.2, 0.25) is 6.41 Å². The van der Waals surface area contributed by atoms with Crippen LogP contribution in [0.25, 0.3) is 0 Å². The van der Waals surface area contributed by atoms with E-state index in [9.17, 15) is 15.0 Å². The van der Waals surface area contributed by atoms with Gasteiger partial charge in [-0.2, -0.15) is 0 Å². The molecule has 2 saturated heterocycles. The molecular formula is C12H17N3O7. The monoisotopic (exact) mass is 315 g/mol. The lowest BCUT2D eigenvalue weighted by Crippen LogP contribution is -2.45. The molecular weight excluding hydrogens is 298 g/mol. The quantitative estimate of drug-likeness (QED) is 0.474. The van der Waals surface area contributed by atoms with E-state index in [-0.39, 0.29) is 5.49 Å². The molecule has 22 heavy (non-hydrogen) atoms. The van der Waals surface area contributed by atoms with Crippen LogP contribution in [0.2, 0.25) is 0 Å². The fourth-order valence-electron chi connectivity index (χ4n) is 2.52. The molecule has 3 rings (SSSR count). The normalized spacial score (nSPS) is 32.7. The molecule has 10 heteroatoms. The van der Waals surface area contributed by atoms with E-state index in [1.807, 2.05) is 0 Å². The zero-order valence-corrected chi connectivity index (χ0v) is 11.5. The summed E-state index contributed by atoms with van der Waals surface area (Å²) in [6, 6.07) is 1.32. The van der Waals surface area contributed by atoms with Gasteiger partial charge in [-0.3, -0.25) is 9.98 Å². The lowest BCUT2D eigenvalue weighted by Gasteiger charge is -2.20. The lowest BCUT2D eigenvalue weighted by molar-refractivity contribution is -0.111. The Hall–Kier alpha value is -1.56. The molecule has 4 atom stereocenters. The van der Waals surface area contributed by atoms with Crippen molar-refractivity contribution in [3.63, 3.8) is 0 Å². The number of nitrogens with one attached hydrogen (secondary N) is 1. The Morgan fingerprint density at radius 1 is 1.27 bits per heavy atom. The van der Waals surface area contributed by atoms with Crippen molar-refractivity contribution in [2.24, 2.45) is 0 Å². The predicted molar refractivity (Wildman–Crippen MR) is 68.5 cm³/mol. The van der Waals surface area contributed by atoms with Crippen molar-refractivity contribution in [1.82, 2.24) is 9.13 Å². The molecule has 2 aliphatic rings. The number of aromatic nitrogens is 2. The maximum Gasteiger partial charge on any atom is 0.335 e. The van der Waals surface area contributed by atoms with Crippen molar-refractivity contribution >= 4 is 0 Å². The van der Waals surface area contributed by atoms with Gasteiger partial charge in [0.1, 0.15) is 23.8 Å². The van der Waals surface area contributed by atoms with Crippen molar-refractivity contribution in [1.29, 1.82) is 5.41 Å².